The van der Waals surface area contributed by atoms with E-state index >= 15 is 0 Å². The van der Waals surface area contributed by atoms with E-state index in [2.05, 4.69) is 9.88 Å². The Labute approximate surface area is 167 Å². The number of aliphatic hydroxyl groups excluding tert-OH is 1. The number of hydrogen-bond donors (Lipinski definition) is 2. The van der Waals surface area contributed by atoms with Gasteiger partial charge in [-0.1, -0.05) is 24.3 Å². The summed E-state index contributed by atoms with van der Waals surface area (Å²) in [7, 11) is 0. The number of likely N-dealkylation sites (tertiary alicyclic amines) is 1. The Morgan fingerprint density at radius 1 is 1.07 bits per heavy atom. The lowest BCUT2D eigenvalue weighted by molar-refractivity contribution is 0.0823. The molecule has 0 saturated carbocycles. The van der Waals surface area contributed by atoms with Crippen LogP contribution in [-0.4, -0.2) is 45.3 Å². The van der Waals surface area contributed by atoms with Crippen LogP contribution in [0.15, 0.2) is 65.3 Å². The van der Waals surface area contributed by atoms with Crippen molar-refractivity contribution in [3.05, 3.63) is 71.0 Å². The van der Waals surface area contributed by atoms with Gasteiger partial charge in [-0.3, -0.25) is 4.57 Å². The minimum absolute atomic E-state index is 0.0544. The number of hydrogen-bond acceptors (Lipinski definition) is 5. The molecular formula is C22H23N3O4. The quantitative estimate of drug-likeness (QED) is 0.712. The number of fused-ring (bicyclic) bond motifs is 2. The number of aromatic nitrogens is 2. The second-order valence-electron chi connectivity index (χ2n) is 7.55. The van der Waals surface area contributed by atoms with Crippen LogP contribution in [0.4, 0.5) is 0 Å². The number of benzene rings is 2. The summed E-state index contributed by atoms with van der Waals surface area (Å²) in [5.41, 5.74) is 1.77. The predicted octanol–water partition coefficient (Wildman–Crippen LogP) is 2.64. The number of aromatic amines is 1. The molecule has 29 heavy (non-hydrogen) atoms. The lowest BCUT2D eigenvalue weighted by Crippen LogP contribution is -2.41. The Kier molecular flexibility index (Phi) is 4.61. The summed E-state index contributed by atoms with van der Waals surface area (Å²) in [5, 5.41) is 10.6. The number of nitrogens with zero attached hydrogens (tertiary/aromatic N) is 2. The zero-order valence-corrected chi connectivity index (χ0v) is 16.0. The first kappa shape index (κ1) is 18.0. The van der Waals surface area contributed by atoms with Gasteiger partial charge in [-0.15, -0.1) is 0 Å². The highest BCUT2D eigenvalue weighted by Crippen LogP contribution is 2.33. The summed E-state index contributed by atoms with van der Waals surface area (Å²) < 4.78 is 13.2. The van der Waals surface area contributed by atoms with E-state index < -0.39 is 6.10 Å². The molecule has 3 aromatic rings. The molecule has 5 rings (SSSR count). The summed E-state index contributed by atoms with van der Waals surface area (Å²) >= 11 is 0. The van der Waals surface area contributed by atoms with Gasteiger partial charge in [0.25, 0.3) is 0 Å². The zero-order valence-electron chi connectivity index (χ0n) is 16.0. The molecule has 0 bridgehead atoms. The molecule has 0 amide bonds. The van der Waals surface area contributed by atoms with E-state index in [-0.39, 0.29) is 11.7 Å². The second kappa shape index (κ2) is 7.42. The highest BCUT2D eigenvalue weighted by atomic mass is 16.6. The van der Waals surface area contributed by atoms with Crippen molar-refractivity contribution in [1.82, 2.24) is 14.5 Å². The minimum atomic E-state index is -0.768. The zero-order chi connectivity index (χ0) is 19.8. The number of aliphatic hydroxyl groups is 1. The van der Waals surface area contributed by atoms with Crippen molar-refractivity contribution in [3.63, 3.8) is 0 Å². The number of ether oxygens (including phenoxy) is 2. The fraction of sp³-hybridized carbons (Fsp3) is 0.318. The third kappa shape index (κ3) is 3.43. The number of para-hydroxylation sites is 4. The van der Waals surface area contributed by atoms with Crippen LogP contribution in [0.1, 0.15) is 18.9 Å². The van der Waals surface area contributed by atoms with Crippen LogP contribution in [0, 0.1) is 0 Å². The van der Waals surface area contributed by atoms with E-state index in [1.54, 1.807) is 0 Å². The number of imidazole rings is 1. The molecule has 2 aliphatic heterocycles. The number of H-pyrrole nitrogens is 1. The predicted molar refractivity (Wildman–Crippen MR) is 109 cm³/mol. The number of rotatable bonds is 4. The molecule has 7 nitrogen and oxygen atoms in total. The Hall–Kier alpha value is -3.03. The Bertz CT molecular complexity index is 1110. The molecule has 7 heteroatoms. The van der Waals surface area contributed by atoms with E-state index in [0.717, 1.165) is 37.0 Å². The SMILES string of the molecule is O=c1[nH]c2ccccc2n1C1CCN(CC(O)C2=COc3ccccc3O2)CC1. The van der Waals surface area contributed by atoms with Crippen LogP contribution < -0.4 is 15.2 Å². The van der Waals surface area contributed by atoms with Crippen molar-refractivity contribution >= 4 is 11.0 Å². The van der Waals surface area contributed by atoms with Crippen LogP contribution in [0.5, 0.6) is 11.5 Å². The van der Waals surface area contributed by atoms with Gasteiger partial charge in [0, 0.05) is 25.7 Å². The smallest absolute Gasteiger partial charge is 0.326 e. The first-order valence-corrected chi connectivity index (χ1v) is 9.92. The first-order chi connectivity index (χ1) is 14.2. The summed E-state index contributed by atoms with van der Waals surface area (Å²) in [4.78, 5) is 17.6. The Balaban J connectivity index is 1.22. The molecule has 1 unspecified atom stereocenters. The van der Waals surface area contributed by atoms with E-state index in [4.69, 9.17) is 9.47 Å². The average Bonchev–Trinajstić information content (AvgIpc) is 3.09. The van der Waals surface area contributed by atoms with Gasteiger partial charge in [-0.25, -0.2) is 4.79 Å². The Morgan fingerprint density at radius 2 is 1.79 bits per heavy atom. The second-order valence-corrected chi connectivity index (χ2v) is 7.55. The monoisotopic (exact) mass is 393 g/mol. The molecule has 1 atom stereocenters. The Morgan fingerprint density at radius 3 is 2.62 bits per heavy atom. The van der Waals surface area contributed by atoms with Crippen LogP contribution in [0.25, 0.3) is 11.0 Å². The van der Waals surface area contributed by atoms with Crippen LogP contribution in [0.3, 0.4) is 0 Å². The van der Waals surface area contributed by atoms with Gasteiger partial charge < -0.3 is 24.5 Å². The third-order valence-electron chi connectivity index (χ3n) is 5.68. The summed E-state index contributed by atoms with van der Waals surface area (Å²) in [6.45, 7) is 2.07. The average molecular weight is 393 g/mol. The van der Waals surface area contributed by atoms with Gasteiger partial charge in [0.05, 0.1) is 11.0 Å². The van der Waals surface area contributed by atoms with Gasteiger partial charge in [0.2, 0.25) is 0 Å². The molecule has 0 spiro atoms. The highest BCUT2D eigenvalue weighted by molar-refractivity contribution is 5.75. The van der Waals surface area contributed by atoms with E-state index in [9.17, 15) is 9.90 Å². The topological polar surface area (TPSA) is 79.7 Å². The van der Waals surface area contributed by atoms with Gasteiger partial charge >= 0.3 is 5.69 Å². The van der Waals surface area contributed by atoms with E-state index in [0.29, 0.717) is 23.8 Å². The molecular weight excluding hydrogens is 370 g/mol. The molecule has 3 heterocycles. The van der Waals surface area contributed by atoms with Crippen molar-refractivity contribution in [3.8, 4) is 11.5 Å². The molecule has 1 saturated heterocycles. The largest absolute Gasteiger partial charge is 0.457 e. The summed E-state index contributed by atoms with van der Waals surface area (Å²) in [6.07, 6.45) is 2.42. The first-order valence-electron chi connectivity index (χ1n) is 9.92. The van der Waals surface area contributed by atoms with Crippen molar-refractivity contribution < 1.29 is 14.6 Å². The molecule has 2 aromatic carbocycles. The number of piperidine rings is 1. The van der Waals surface area contributed by atoms with Crippen molar-refractivity contribution in [2.24, 2.45) is 0 Å². The fourth-order valence-corrected chi connectivity index (χ4v) is 4.18. The lowest BCUT2D eigenvalue weighted by atomic mass is 10.0. The van der Waals surface area contributed by atoms with E-state index in [1.165, 1.54) is 6.26 Å². The maximum atomic E-state index is 12.4. The van der Waals surface area contributed by atoms with Gasteiger partial charge in [0.15, 0.2) is 17.3 Å². The molecule has 2 aliphatic rings. The molecule has 2 N–H and O–H groups in total. The molecule has 0 radical (unpaired) electrons. The fourth-order valence-electron chi connectivity index (χ4n) is 4.18. The third-order valence-corrected chi connectivity index (χ3v) is 5.68. The number of nitrogens with one attached hydrogen (secondary N) is 1. The van der Waals surface area contributed by atoms with E-state index in [1.807, 2.05) is 53.1 Å². The van der Waals surface area contributed by atoms with Gasteiger partial charge in [-0.2, -0.15) is 0 Å². The van der Waals surface area contributed by atoms with Crippen molar-refractivity contribution in [2.45, 2.75) is 25.0 Å². The van der Waals surface area contributed by atoms with Crippen molar-refractivity contribution in [2.75, 3.05) is 19.6 Å². The molecule has 0 aliphatic carbocycles. The maximum absolute atomic E-state index is 12.4. The maximum Gasteiger partial charge on any atom is 0.326 e. The highest BCUT2D eigenvalue weighted by Gasteiger charge is 2.27. The minimum Gasteiger partial charge on any atom is -0.457 e. The van der Waals surface area contributed by atoms with Crippen molar-refractivity contribution in [1.29, 1.82) is 0 Å². The molecule has 1 aromatic heterocycles. The lowest BCUT2D eigenvalue weighted by Gasteiger charge is -2.34. The van der Waals surface area contributed by atoms with Crippen LogP contribution in [-0.2, 0) is 0 Å². The number of β-amino-alcohol motifs (C(OH)–C–C–N with tert-alkyl or cyclic N) is 1. The molecule has 150 valence electrons. The van der Waals surface area contributed by atoms with Crippen LogP contribution >= 0.6 is 0 Å². The standard InChI is InChI=1S/C22H23N3O4/c26-18(21-14-28-19-7-3-4-8-20(19)29-21)13-24-11-9-15(10-12-24)25-17-6-2-1-5-16(17)23-22(25)27/h1-8,14-15,18,26H,9-13H2,(H,23,27). The van der Waals surface area contributed by atoms with Gasteiger partial charge in [0.1, 0.15) is 12.4 Å². The van der Waals surface area contributed by atoms with Crippen LogP contribution in [0.2, 0.25) is 0 Å². The summed E-state index contributed by atoms with van der Waals surface area (Å²) in [5.74, 6) is 1.67. The summed E-state index contributed by atoms with van der Waals surface area (Å²) in [6, 6.07) is 15.3. The van der Waals surface area contributed by atoms with Gasteiger partial charge in [-0.05, 0) is 37.1 Å². The normalized spacial score (nSPS) is 18.6. The molecule has 1 fully saturated rings.